The SMILES string of the molecule is Cc1ccc(CNC(=O)c2ccccc2NC(=O)C(=O)NCc2ccccc2Cl)cc1. The van der Waals surface area contributed by atoms with Crippen molar-refractivity contribution in [2.24, 2.45) is 0 Å². The molecule has 158 valence electrons. The van der Waals surface area contributed by atoms with E-state index in [1.165, 1.54) is 0 Å². The Kier molecular flexibility index (Phi) is 7.40. The minimum atomic E-state index is -0.870. The van der Waals surface area contributed by atoms with Crippen LogP contribution in [0.3, 0.4) is 0 Å². The van der Waals surface area contributed by atoms with Crippen LogP contribution in [0.5, 0.6) is 0 Å². The lowest BCUT2D eigenvalue weighted by molar-refractivity contribution is -0.136. The Balaban J connectivity index is 1.60. The first-order valence-electron chi connectivity index (χ1n) is 9.69. The highest BCUT2D eigenvalue weighted by molar-refractivity contribution is 6.40. The maximum absolute atomic E-state index is 12.6. The lowest BCUT2D eigenvalue weighted by Gasteiger charge is -2.12. The Hall–Kier alpha value is -3.64. The van der Waals surface area contributed by atoms with Crippen molar-refractivity contribution in [1.29, 1.82) is 0 Å². The summed E-state index contributed by atoms with van der Waals surface area (Å²) in [6.07, 6.45) is 0. The normalized spacial score (nSPS) is 10.3. The second-order valence-corrected chi connectivity index (χ2v) is 7.35. The molecule has 0 radical (unpaired) electrons. The molecule has 7 heteroatoms. The van der Waals surface area contributed by atoms with E-state index in [9.17, 15) is 14.4 Å². The minimum absolute atomic E-state index is 0.116. The quantitative estimate of drug-likeness (QED) is 0.514. The summed E-state index contributed by atoms with van der Waals surface area (Å²) in [7, 11) is 0. The van der Waals surface area contributed by atoms with Gasteiger partial charge < -0.3 is 16.0 Å². The van der Waals surface area contributed by atoms with Gasteiger partial charge in [-0.2, -0.15) is 0 Å². The van der Waals surface area contributed by atoms with E-state index in [0.29, 0.717) is 17.1 Å². The predicted molar refractivity (Wildman–Crippen MR) is 121 cm³/mol. The standard InChI is InChI=1S/C24H22ClN3O3/c1-16-10-12-17(13-11-16)14-26-22(29)19-7-3-5-9-21(19)28-24(31)23(30)27-15-18-6-2-4-8-20(18)25/h2-13H,14-15H2,1H3,(H,26,29)(H,27,30)(H,28,31). The van der Waals surface area contributed by atoms with Crippen molar-refractivity contribution in [1.82, 2.24) is 10.6 Å². The molecule has 0 aliphatic heterocycles. The summed E-state index contributed by atoms with van der Waals surface area (Å²) in [5.41, 5.74) is 3.31. The zero-order valence-corrected chi connectivity index (χ0v) is 17.7. The van der Waals surface area contributed by atoms with Crippen LogP contribution in [0.4, 0.5) is 5.69 Å². The fourth-order valence-corrected chi connectivity index (χ4v) is 3.05. The number of hydrogen-bond donors (Lipinski definition) is 3. The molecular weight excluding hydrogens is 414 g/mol. The monoisotopic (exact) mass is 435 g/mol. The number of amides is 3. The van der Waals surface area contributed by atoms with Gasteiger partial charge in [-0.1, -0.05) is 71.8 Å². The summed E-state index contributed by atoms with van der Waals surface area (Å²) in [6, 6.07) is 21.4. The molecule has 3 N–H and O–H groups in total. The van der Waals surface area contributed by atoms with E-state index in [2.05, 4.69) is 16.0 Å². The van der Waals surface area contributed by atoms with Crippen molar-refractivity contribution in [2.75, 3.05) is 5.32 Å². The summed E-state index contributed by atoms with van der Waals surface area (Å²) >= 11 is 6.06. The average molecular weight is 436 g/mol. The molecule has 6 nitrogen and oxygen atoms in total. The molecule has 0 saturated heterocycles. The molecule has 3 amide bonds. The van der Waals surface area contributed by atoms with E-state index in [0.717, 1.165) is 11.1 Å². The number of para-hydroxylation sites is 1. The molecule has 0 aromatic heterocycles. The molecule has 0 aliphatic rings. The minimum Gasteiger partial charge on any atom is -0.348 e. The van der Waals surface area contributed by atoms with Crippen molar-refractivity contribution in [3.05, 3.63) is 100 Å². The van der Waals surface area contributed by atoms with Gasteiger partial charge in [-0.25, -0.2) is 0 Å². The zero-order chi connectivity index (χ0) is 22.2. The van der Waals surface area contributed by atoms with Crippen molar-refractivity contribution < 1.29 is 14.4 Å². The molecule has 0 spiro atoms. The Morgan fingerprint density at radius 3 is 2.19 bits per heavy atom. The van der Waals surface area contributed by atoms with Gasteiger partial charge in [-0.3, -0.25) is 14.4 Å². The highest BCUT2D eigenvalue weighted by atomic mass is 35.5. The maximum atomic E-state index is 12.6. The largest absolute Gasteiger partial charge is 0.348 e. The predicted octanol–water partition coefficient (Wildman–Crippen LogP) is 3.83. The molecule has 0 aliphatic carbocycles. The second-order valence-electron chi connectivity index (χ2n) is 6.94. The molecule has 0 fully saturated rings. The van der Waals surface area contributed by atoms with Gasteiger partial charge in [0.15, 0.2) is 0 Å². The summed E-state index contributed by atoms with van der Waals surface area (Å²) in [5, 5.41) is 8.35. The number of aryl methyl sites for hydroxylation is 1. The van der Waals surface area contributed by atoms with E-state index in [1.54, 1.807) is 48.5 Å². The summed E-state index contributed by atoms with van der Waals surface area (Å²) in [4.78, 5) is 37.1. The number of halogens is 1. The highest BCUT2D eigenvalue weighted by Gasteiger charge is 2.18. The van der Waals surface area contributed by atoms with Crippen molar-refractivity contribution in [3.8, 4) is 0 Å². The fraction of sp³-hybridized carbons (Fsp3) is 0.125. The third kappa shape index (κ3) is 6.17. The molecule has 3 aromatic carbocycles. The lowest BCUT2D eigenvalue weighted by Crippen LogP contribution is -2.35. The molecule has 31 heavy (non-hydrogen) atoms. The zero-order valence-electron chi connectivity index (χ0n) is 16.9. The van der Waals surface area contributed by atoms with E-state index in [-0.39, 0.29) is 23.7 Å². The topological polar surface area (TPSA) is 87.3 Å². The molecule has 3 rings (SSSR count). The van der Waals surface area contributed by atoms with Crippen LogP contribution in [-0.2, 0) is 22.7 Å². The number of hydrogen-bond acceptors (Lipinski definition) is 3. The molecule has 0 unspecified atom stereocenters. The van der Waals surface area contributed by atoms with Gasteiger partial charge in [-0.05, 0) is 36.2 Å². The van der Waals surface area contributed by atoms with E-state index in [4.69, 9.17) is 11.6 Å². The Labute approximate surface area is 185 Å². The van der Waals surface area contributed by atoms with Crippen LogP contribution in [0.25, 0.3) is 0 Å². The van der Waals surface area contributed by atoms with Crippen molar-refractivity contribution >= 4 is 35.0 Å². The van der Waals surface area contributed by atoms with Crippen molar-refractivity contribution in [3.63, 3.8) is 0 Å². The van der Waals surface area contributed by atoms with Gasteiger partial charge in [0.2, 0.25) is 0 Å². The van der Waals surface area contributed by atoms with Crippen LogP contribution in [0.2, 0.25) is 5.02 Å². The van der Waals surface area contributed by atoms with Crippen LogP contribution < -0.4 is 16.0 Å². The summed E-state index contributed by atoms with van der Waals surface area (Å²) in [6.45, 7) is 2.45. The van der Waals surface area contributed by atoms with Gasteiger partial charge in [0.05, 0.1) is 11.3 Å². The first-order chi connectivity index (χ1) is 14.9. The van der Waals surface area contributed by atoms with Crippen LogP contribution in [0, 0.1) is 6.92 Å². The van der Waals surface area contributed by atoms with Gasteiger partial charge in [0.25, 0.3) is 5.91 Å². The molecule has 0 bridgehead atoms. The van der Waals surface area contributed by atoms with Crippen LogP contribution in [-0.4, -0.2) is 17.7 Å². The van der Waals surface area contributed by atoms with Crippen molar-refractivity contribution in [2.45, 2.75) is 20.0 Å². The number of benzene rings is 3. The van der Waals surface area contributed by atoms with Gasteiger partial charge >= 0.3 is 11.8 Å². The fourth-order valence-electron chi connectivity index (χ4n) is 2.85. The molecular formula is C24H22ClN3O3. The third-order valence-electron chi connectivity index (χ3n) is 4.60. The van der Waals surface area contributed by atoms with Crippen LogP contribution >= 0.6 is 11.6 Å². The van der Waals surface area contributed by atoms with E-state index < -0.39 is 11.8 Å². The Morgan fingerprint density at radius 2 is 1.45 bits per heavy atom. The smallest absolute Gasteiger partial charge is 0.313 e. The van der Waals surface area contributed by atoms with E-state index in [1.807, 2.05) is 31.2 Å². The van der Waals surface area contributed by atoms with Gasteiger partial charge in [0.1, 0.15) is 0 Å². The van der Waals surface area contributed by atoms with Gasteiger partial charge in [0, 0.05) is 18.1 Å². The second kappa shape index (κ2) is 10.4. The third-order valence-corrected chi connectivity index (χ3v) is 4.97. The molecule has 0 saturated carbocycles. The number of carbonyl (C=O) groups excluding carboxylic acids is 3. The maximum Gasteiger partial charge on any atom is 0.313 e. The highest BCUT2D eigenvalue weighted by Crippen LogP contribution is 2.16. The van der Waals surface area contributed by atoms with Crippen LogP contribution in [0.15, 0.2) is 72.8 Å². The van der Waals surface area contributed by atoms with Crippen LogP contribution in [0.1, 0.15) is 27.0 Å². The number of nitrogens with one attached hydrogen (secondary N) is 3. The average Bonchev–Trinajstić information content (AvgIpc) is 2.78. The Morgan fingerprint density at radius 1 is 0.774 bits per heavy atom. The number of rotatable bonds is 6. The lowest BCUT2D eigenvalue weighted by atomic mass is 10.1. The van der Waals surface area contributed by atoms with Gasteiger partial charge in [-0.15, -0.1) is 0 Å². The number of anilines is 1. The first kappa shape index (κ1) is 22.1. The summed E-state index contributed by atoms with van der Waals surface area (Å²) < 4.78 is 0. The van der Waals surface area contributed by atoms with E-state index >= 15 is 0 Å². The number of carbonyl (C=O) groups is 3. The molecule has 0 heterocycles. The molecule has 0 atom stereocenters. The Bertz CT molecular complexity index is 1100. The summed E-state index contributed by atoms with van der Waals surface area (Å²) in [5.74, 6) is -2.05. The first-order valence-corrected chi connectivity index (χ1v) is 10.1. The molecule has 3 aromatic rings.